The molecule has 2 nitrogen and oxygen atoms in total. The van der Waals surface area contributed by atoms with Crippen LogP contribution in [0.1, 0.15) is 57.2 Å². The van der Waals surface area contributed by atoms with Crippen LogP contribution in [0.2, 0.25) is 0 Å². The Morgan fingerprint density at radius 3 is 2.05 bits per heavy atom. The fraction of sp³-hybridized carbons (Fsp3) is 0.286. The summed E-state index contributed by atoms with van der Waals surface area (Å²) in [7, 11) is 2.24. The van der Waals surface area contributed by atoms with Gasteiger partial charge in [-0.1, -0.05) is 82.3 Å². The van der Waals surface area contributed by atoms with Crippen LogP contribution < -0.4 is 4.57 Å². The second kappa shape index (κ2) is 7.44. The molecular formula is C35H34NO+. The molecule has 184 valence electrons. The van der Waals surface area contributed by atoms with Crippen LogP contribution in [0.5, 0.6) is 0 Å². The summed E-state index contributed by atoms with van der Waals surface area (Å²) in [5.74, 6) is 0. The Hall–Kier alpha value is -3.65. The first-order valence-electron chi connectivity index (χ1n) is 13.5. The van der Waals surface area contributed by atoms with Crippen LogP contribution in [0.3, 0.4) is 0 Å². The molecule has 0 spiro atoms. The van der Waals surface area contributed by atoms with Gasteiger partial charge >= 0.3 is 0 Å². The normalized spacial score (nSPS) is 16.6. The second-order valence-electron chi connectivity index (χ2n) is 12.3. The van der Waals surface area contributed by atoms with E-state index in [1.807, 2.05) is 0 Å². The Balaban J connectivity index is 1.71. The van der Waals surface area contributed by atoms with Crippen molar-refractivity contribution in [2.75, 3.05) is 0 Å². The van der Waals surface area contributed by atoms with Gasteiger partial charge in [0.05, 0.1) is 10.9 Å². The minimum absolute atomic E-state index is 0.0509. The highest BCUT2D eigenvalue weighted by molar-refractivity contribution is 6.17. The number of fused-ring (bicyclic) bond motifs is 8. The number of hydrogen-bond donors (Lipinski definition) is 0. The zero-order chi connectivity index (χ0) is 25.7. The number of aromatic nitrogens is 1. The smallest absolute Gasteiger partial charge is 0.220 e. The molecule has 2 heteroatoms. The predicted octanol–water partition coefficient (Wildman–Crippen LogP) is 9.04. The molecule has 7 rings (SSSR count). The molecular weight excluding hydrogens is 450 g/mol. The molecule has 0 unspecified atom stereocenters. The Morgan fingerprint density at radius 2 is 1.27 bits per heavy atom. The molecule has 6 aromatic rings. The van der Waals surface area contributed by atoms with Gasteiger partial charge in [-0.05, 0) is 59.2 Å². The molecule has 37 heavy (non-hydrogen) atoms. The number of furan rings is 1. The first kappa shape index (κ1) is 22.5. The van der Waals surface area contributed by atoms with E-state index in [2.05, 4.69) is 119 Å². The molecule has 0 aliphatic heterocycles. The van der Waals surface area contributed by atoms with Crippen molar-refractivity contribution < 1.29 is 8.98 Å². The lowest BCUT2D eigenvalue weighted by Crippen LogP contribution is -2.42. The number of hydrogen-bond acceptors (Lipinski definition) is 1. The maximum atomic E-state index is 6.90. The van der Waals surface area contributed by atoms with Gasteiger partial charge in [0.1, 0.15) is 18.2 Å². The van der Waals surface area contributed by atoms with E-state index in [1.165, 1.54) is 66.8 Å². The molecule has 0 fully saturated rings. The number of pyridine rings is 1. The van der Waals surface area contributed by atoms with Crippen molar-refractivity contribution in [1.82, 2.24) is 0 Å². The topological polar surface area (TPSA) is 17.0 Å². The van der Waals surface area contributed by atoms with Crippen molar-refractivity contribution in [2.45, 2.75) is 58.3 Å². The zero-order valence-corrected chi connectivity index (χ0v) is 22.7. The molecule has 1 aliphatic rings. The fourth-order valence-electron chi connectivity index (χ4n) is 7.01. The van der Waals surface area contributed by atoms with Crippen LogP contribution in [0.25, 0.3) is 54.9 Å². The number of nitrogens with zero attached hydrogens (tertiary/aromatic N) is 1. The van der Waals surface area contributed by atoms with Crippen molar-refractivity contribution in [2.24, 2.45) is 7.05 Å². The minimum Gasteiger partial charge on any atom is -0.454 e. The van der Waals surface area contributed by atoms with E-state index < -0.39 is 0 Å². The first-order chi connectivity index (χ1) is 17.7. The number of rotatable bonds is 1. The molecule has 0 saturated heterocycles. The molecule has 4 aromatic carbocycles. The summed E-state index contributed by atoms with van der Waals surface area (Å²) in [6, 6.07) is 26.5. The lowest BCUT2D eigenvalue weighted by Gasteiger charge is -2.42. The van der Waals surface area contributed by atoms with Crippen LogP contribution in [0, 0.1) is 6.92 Å². The van der Waals surface area contributed by atoms with Crippen LogP contribution in [-0.4, -0.2) is 0 Å². The van der Waals surface area contributed by atoms with Gasteiger partial charge in [-0.25, -0.2) is 0 Å². The number of aryl methyl sites for hydroxylation is 2. The highest BCUT2D eigenvalue weighted by atomic mass is 16.3. The Labute approximate surface area is 218 Å². The van der Waals surface area contributed by atoms with Crippen molar-refractivity contribution in [3.8, 4) is 11.3 Å². The summed E-state index contributed by atoms with van der Waals surface area (Å²) in [5, 5.41) is 6.14. The van der Waals surface area contributed by atoms with Gasteiger partial charge in [0, 0.05) is 27.8 Å². The van der Waals surface area contributed by atoms with Gasteiger partial charge in [0.15, 0.2) is 0 Å². The molecule has 0 radical (unpaired) electrons. The summed E-state index contributed by atoms with van der Waals surface area (Å²) in [4.78, 5) is 0. The maximum absolute atomic E-state index is 6.90. The molecule has 0 N–H and O–H groups in total. The van der Waals surface area contributed by atoms with E-state index in [1.54, 1.807) is 0 Å². The van der Waals surface area contributed by atoms with E-state index >= 15 is 0 Å². The van der Waals surface area contributed by atoms with Crippen LogP contribution in [0.15, 0.2) is 77.2 Å². The summed E-state index contributed by atoms with van der Waals surface area (Å²) in [5.41, 5.74) is 10.2. The van der Waals surface area contributed by atoms with Gasteiger partial charge < -0.3 is 4.42 Å². The summed E-state index contributed by atoms with van der Waals surface area (Å²) >= 11 is 0. The second-order valence-corrected chi connectivity index (χ2v) is 12.3. The Bertz CT molecular complexity index is 1900. The molecule has 0 saturated carbocycles. The largest absolute Gasteiger partial charge is 0.454 e. The van der Waals surface area contributed by atoms with Gasteiger partial charge in [-0.2, -0.15) is 4.57 Å². The van der Waals surface area contributed by atoms with Gasteiger partial charge in [-0.15, -0.1) is 0 Å². The third kappa shape index (κ3) is 3.02. The number of benzene rings is 4. The zero-order valence-electron chi connectivity index (χ0n) is 22.7. The van der Waals surface area contributed by atoms with Gasteiger partial charge in [0.25, 0.3) is 0 Å². The van der Waals surface area contributed by atoms with E-state index in [0.29, 0.717) is 0 Å². The predicted molar refractivity (Wildman–Crippen MR) is 155 cm³/mol. The Morgan fingerprint density at radius 1 is 0.649 bits per heavy atom. The van der Waals surface area contributed by atoms with Crippen LogP contribution in [0.4, 0.5) is 0 Å². The minimum atomic E-state index is 0.0509. The molecule has 2 aromatic heterocycles. The van der Waals surface area contributed by atoms with Gasteiger partial charge in [-0.3, -0.25) is 0 Å². The standard InChI is InChI=1S/C35H34NO/c1-21-15-17-25-24-18-16-22-11-7-8-12-23(22)32(24)37-33(25)28(21)31-30-29(34(2,3)19-20-35(30,4)5)26-13-9-10-14-27(26)36(31)6/h7-18H,19-20H2,1-6H3/q+1. The summed E-state index contributed by atoms with van der Waals surface area (Å²) < 4.78 is 9.33. The lowest BCUT2D eigenvalue weighted by molar-refractivity contribution is -0.634. The van der Waals surface area contributed by atoms with Crippen molar-refractivity contribution in [3.05, 3.63) is 89.5 Å². The van der Waals surface area contributed by atoms with Crippen molar-refractivity contribution >= 4 is 43.6 Å². The molecule has 0 amide bonds. The quantitative estimate of drug-likeness (QED) is 0.213. The van der Waals surface area contributed by atoms with E-state index in [0.717, 1.165) is 17.6 Å². The summed E-state index contributed by atoms with van der Waals surface area (Å²) in [6.07, 6.45) is 2.35. The van der Waals surface area contributed by atoms with Crippen molar-refractivity contribution in [1.29, 1.82) is 0 Å². The first-order valence-corrected chi connectivity index (χ1v) is 13.5. The Kier molecular flexibility index (Phi) is 4.54. The average molecular weight is 485 g/mol. The van der Waals surface area contributed by atoms with Crippen molar-refractivity contribution in [3.63, 3.8) is 0 Å². The average Bonchev–Trinajstić information content (AvgIpc) is 3.26. The van der Waals surface area contributed by atoms with Gasteiger partial charge in [0.2, 0.25) is 11.2 Å². The molecule has 1 aliphatic carbocycles. The van der Waals surface area contributed by atoms with E-state index in [-0.39, 0.29) is 10.8 Å². The lowest BCUT2D eigenvalue weighted by atomic mass is 9.61. The van der Waals surface area contributed by atoms with E-state index in [4.69, 9.17) is 4.42 Å². The third-order valence-electron chi connectivity index (χ3n) is 9.06. The monoisotopic (exact) mass is 484 g/mol. The third-order valence-corrected chi connectivity index (χ3v) is 9.06. The molecule has 0 atom stereocenters. The fourth-order valence-corrected chi connectivity index (χ4v) is 7.01. The SMILES string of the molecule is Cc1ccc2c(oc3c4ccccc4ccc23)c1-c1c2c(c3ccccc3[n+]1C)C(C)(C)CCC2(C)C. The highest BCUT2D eigenvalue weighted by Gasteiger charge is 2.45. The maximum Gasteiger partial charge on any atom is 0.220 e. The van der Waals surface area contributed by atoms with Crippen LogP contribution in [-0.2, 0) is 17.9 Å². The number of para-hydroxylation sites is 1. The van der Waals surface area contributed by atoms with E-state index in [9.17, 15) is 0 Å². The molecule has 0 bridgehead atoms. The highest BCUT2D eigenvalue weighted by Crippen LogP contribution is 2.52. The molecule has 2 heterocycles. The van der Waals surface area contributed by atoms with Crippen LogP contribution >= 0.6 is 0 Å². The summed E-state index contributed by atoms with van der Waals surface area (Å²) in [6.45, 7) is 12.0.